The number of pyridine rings is 1. The number of hydrogen-bond donors (Lipinski definition) is 1. The van der Waals surface area contributed by atoms with Gasteiger partial charge in [0.1, 0.15) is 0 Å². The number of aryl methyl sites for hydroxylation is 1. The lowest BCUT2D eigenvalue weighted by Gasteiger charge is -2.36. The zero-order valence-electron chi connectivity index (χ0n) is 23.8. The molecule has 2 bridgehead atoms. The molecule has 7 rings (SSSR count). The van der Waals surface area contributed by atoms with Crippen molar-refractivity contribution in [1.82, 2.24) is 34.8 Å². The largest absolute Gasteiger partial charge is 0.378 e. The lowest BCUT2D eigenvalue weighted by atomic mass is 9.87. The second-order valence-corrected chi connectivity index (χ2v) is 12.3. The molecule has 3 aliphatic heterocycles. The van der Waals surface area contributed by atoms with Gasteiger partial charge in [0.2, 0.25) is 5.91 Å². The Hall–Kier alpha value is -3.30. The van der Waals surface area contributed by atoms with Crippen LogP contribution in [0.2, 0.25) is 0 Å². The van der Waals surface area contributed by atoms with Crippen LogP contribution in [-0.2, 0) is 9.53 Å². The van der Waals surface area contributed by atoms with Crippen molar-refractivity contribution in [3.05, 3.63) is 47.2 Å². The van der Waals surface area contributed by atoms with Gasteiger partial charge >= 0.3 is 0 Å². The summed E-state index contributed by atoms with van der Waals surface area (Å²) in [5.74, 6) is 1.14. The summed E-state index contributed by atoms with van der Waals surface area (Å²) in [6.45, 7) is 10.8. The number of morpholine rings is 1. The first-order chi connectivity index (χ1) is 19.5. The summed E-state index contributed by atoms with van der Waals surface area (Å²) in [6, 6.07) is 10.1. The number of tetrazole rings is 1. The molecule has 40 heavy (non-hydrogen) atoms. The van der Waals surface area contributed by atoms with Gasteiger partial charge in [-0.05, 0) is 89.8 Å². The van der Waals surface area contributed by atoms with Crippen molar-refractivity contribution in [3.8, 4) is 11.3 Å². The van der Waals surface area contributed by atoms with E-state index in [0.29, 0.717) is 36.2 Å². The van der Waals surface area contributed by atoms with E-state index in [9.17, 15) is 4.79 Å². The third kappa shape index (κ3) is 4.49. The number of carbonyl (C=O) groups is 1. The zero-order valence-corrected chi connectivity index (χ0v) is 23.8. The van der Waals surface area contributed by atoms with Crippen LogP contribution in [0.3, 0.4) is 0 Å². The number of nitrogens with one attached hydrogen (secondary N) is 1. The highest BCUT2D eigenvalue weighted by molar-refractivity contribution is 5.92. The van der Waals surface area contributed by atoms with E-state index in [1.54, 1.807) is 4.52 Å². The number of aromatic amines is 1. The van der Waals surface area contributed by atoms with Crippen LogP contribution in [-0.4, -0.2) is 85.7 Å². The van der Waals surface area contributed by atoms with E-state index in [1.807, 2.05) is 6.20 Å². The molecule has 3 fully saturated rings. The number of hydrogen-bond acceptors (Lipinski definition) is 6. The number of amides is 1. The molecule has 2 atom stereocenters. The number of ether oxygens (including phenoxy) is 1. The maximum absolute atomic E-state index is 13.1. The van der Waals surface area contributed by atoms with Gasteiger partial charge in [-0.2, -0.15) is 4.52 Å². The number of piperidine rings is 1. The van der Waals surface area contributed by atoms with Gasteiger partial charge in [-0.1, -0.05) is 19.9 Å². The number of aromatic nitrogens is 5. The second-order valence-electron chi connectivity index (χ2n) is 12.3. The fourth-order valence-electron chi connectivity index (χ4n) is 7.38. The monoisotopic (exact) mass is 541 g/mol. The van der Waals surface area contributed by atoms with Crippen LogP contribution in [0.25, 0.3) is 27.8 Å². The fourth-order valence-corrected chi connectivity index (χ4v) is 7.38. The topological polar surface area (TPSA) is 91.7 Å². The number of fused-ring (bicyclic) bond motifs is 4. The number of carbonyl (C=O) groups excluding carboxylic acids is 1. The van der Waals surface area contributed by atoms with Gasteiger partial charge in [0, 0.05) is 60.8 Å². The third-order valence-electron chi connectivity index (χ3n) is 9.50. The molecule has 210 valence electrons. The molecule has 4 aromatic rings. The van der Waals surface area contributed by atoms with Crippen molar-refractivity contribution in [2.24, 2.45) is 0 Å². The van der Waals surface area contributed by atoms with Gasteiger partial charge in [-0.15, -0.1) is 5.10 Å². The minimum Gasteiger partial charge on any atom is -0.378 e. The van der Waals surface area contributed by atoms with Gasteiger partial charge in [0.15, 0.2) is 5.65 Å². The van der Waals surface area contributed by atoms with Crippen LogP contribution in [0.5, 0.6) is 0 Å². The molecule has 3 aromatic heterocycles. The fraction of sp³-hybridized carbons (Fsp3) is 0.548. The smallest absolute Gasteiger partial charge is 0.223 e. The molecule has 0 saturated carbocycles. The van der Waals surface area contributed by atoms with Gasteiger partial charge < -0.3 is 14.6 Å². The Kier molecular flexibility index (Phi) is 6.59. The molecular formula is C31H39N7O2. The summed E-state index contributed by atoms with van der Waals surface area (Å²) < 4.78 is 7.46. The standard InChI is InChI=1S/C31H39N7O2/c1-19(2)29-26-15-22(4-7-27(26)32-30(29)23-14-20(3)31-33-34-35-38(31)16-23)21-8-11-36(12-9-21)28(39)10-13-37-24-5-6-25(37)18-40-17-24/h4,7,14-16,19,21,24-25,32H,5-6,8-13,17-18H2,1-3H3/t24-,25?/m1/s1. The van der Waals surface area contributed by atoms with Crippen LogP contribution >= 0.6 is 0 Å². The quantitative estimate of drug-likeness (QED) is 0.382. The van der Waals surface area contributed by atoms with Crippen LogP contribution in [0.4, 0.5) is 0 Å². The average Bonchev–Trinajstić information content (AvgIpc) is 3.65. The molecule has 1 amide bonds. The van der Waals surface area contributed by atoms with Crippen LogP contribution in [0.15, 0.2) is 30.5 Å². The minimum atomic E-state index is 0.312. The Balaban J connectivity index is 1.06. The van der Waals surface area contributed by atoms with Gasteiger partial charge in [0.05, 0.1) is 18.9 Å². The Bertz CT molecular complexity index is 1530. The van der Waals surface area contributed by atoms with E-state index in [0.717, 1.165) is 73.7 Å². The molecular weight excluding hydrogens is 502 g/mol. The minimum absolute atomic E-state index is 0.312. The summed E-state index contributed by atoms with van der Waals surface area (Å²) in [4.78, 5) is 21.4. The summed E-state index contributed by atoms with van der Waals surface area (Å²) in [5.41, 5.74) is 7.92. The summed E-state index contributed by atoms with van der Waals surface area (Å²) in [7, 11) is 0. The maximum Gasteiger partial charge on any atom is 0.223 e. The molecule has 1 unspecified atom stereocenters. The Morgan fingerprint density at radius 1 is 1.10 bits per heavy atom. The predicted octanol–water partition coefficient (Wildman–Crippen LogP) is 4.66. The van der Waals surface area contributed by atoms with Crippen molar-refractivity contribution in [2.45, 2.75) is 76.8 Å². The van der Waals surface area contributed by atoms with Crippen LogP contribution < -0.4 is 0 Å². The van der Waals surface area contributed by atoms with E-state index in [2.05, 4.69) is 75.3 Å². The lowest BCUT2D eigenvalue weighted by molar-refractivity contribution is -0.133. The molecule has 0 spiro atoms. The summed E-state index contributed by atoms with van der Waals surface area (Å²) >= 11 is 0. The third-order valence-corrected chi connectivity index (χ3v) is 9.50. The molecule has 3 aliphatic rings. The highest BCUT2D eigenvalue weighted by Gasteiger charge is 2.37. The van der Waals surface area contributed by atoms with Gasteiger partial charge in [-0.3, -0.25) is 9.69 Å². The highest BCUT2D eigenvalue weighted by Crippen LogP contribution is 2.39. The molecule has 1 N–H and O–H groups in total. The van der Waals surface area contributed by atoms with Crippen molar-refractivity contribution in [1.29, 1.82) is 0 Å². The first-order valence-corrected chi connectivity index (χ1v) is 14.9. The summed E-state index contributed by atoms with van der Waals surface area (Å²) in [6.07, 6.45) is 7.10. The molecule has 9 heteroatoms. The first-order valence-electron chi connectivity index (χ1n) is 14.9. The van der Waals surface area contributed by atoms with E-state index >= 15 is 0 Å². The number of rotatable bonds is 6. The molecule has 6 heterocycles. The number of likely N-dealkylation sites (tertiary alicyclic amines) is 1. The van der Waals surface area contributed by atoms with E-state index in [4.69, 9.17) is 4.74 Å². The average molecular weight is 542 g/mol. The maximum atomic E-state index is 13.1. The first kappa shape index (κ1) is 25.7. The predicted molar refractivity (Wildman–Crippen MR) is 154 cm³/mol. The number of H-pyrrole nitrogens is 1. The Morgan fingerprint density at radius 3 is 2.62 bits per heavy atom. The van der Waals surface area contributed by atoms with Crippen molar-refractivity contribution >= 4 is 22.5 Å². The summed E-state index contributed by atoms with van der Waals surface area (Å²) in [5, 5.41) is 13.4. The Labute approximate surface area is 234 Å². The van der Waals surface area contributed by atoms with Crippen LogP contribution in [0, 0.1) is 6.92 Å². The van der Waals surface area contributed by atoms with Gasteiger partial charge in [-0.25, -0.2) is 0 Å². The van der Waals surface area contributed by atoms with Crippen LogP contribution in [0.1, 0.15) is 74.5 Å². The molecule has 9 nitrogen and oxygen atoms in total. The van der Waals surface area contributed by atoms with Gasteiger partial charge in [0.25, 0.3) is 0 Å². The zero-order chi connectivity index (χ0) is 27.4. The Morgan fingerprint density at radius 2 is 1.88 bits per heavy atom. The van der Waals surface area contributed by atoms with Crippen molar-refractivity contribution < 1.29 is 9.53 Å². The number of benzene rings is 1. The van der Waals surface area contributed by atoms with E-state index < -0.39 is 0 Å². The second kappa shape index (κ2) is 10.3. The SMILES string of the molecule is Cc1cc(-c2[nH]c3ccc(C4CCN(C(=O)CCN5C6CC[C@@H]5COC6)CC4)cc3c2C(C)C)cn2nnnc12. The highest BCUT2D eigenvalue weighted by atomic mass is 16.5. The van der Waals surface area contributed by atoms with E-state index in [-0.39, 0.29) is 0 Å². The molecule has 0 radical (unpaired) electrons. The molecule has 0 aliphatic carbocycles. The van der Waals surface area contributed by atoms with Crippen molar-refractivity contribution in [3.63, 3.8) is 0 Å². The number of nitrogens with zero attached hydrogens (tertiary/aromatic N) is 6. The van der Waals surface area contributed by atoms with Crippen molar-refractivity contribution in [2.75, 3.05) is 32.8 Å². The molecule has 1 aromatic carbocycles. The lowest BCUT2D eigenvalue weighted by Crippen LogP contribution is -2.47. The van der Waals surface area contributed by atoms with E-state index in [1.165, 1.54) is 29.4 Å². The molecule has 3 saturated heterocycles. The normalized spacial score (nSPS) is 22.2.